The van der Waals surface area contributed by atoms with Crippen LogP contribution in [0.5, 0.6) is 11.5 Å². The molecule has 0 saturated heterocycles. The Morgan fingerprint density at radius 1 is 1.35 bits per heavy atom. The van der Waals surface area contributed by atoms with Crippen molar-refractivity contribution in [1.82, 2.24) is 5.43 Å². The molecule has 5 nitrogen and oxygen atoms in total. The van der Waals surface area contributed by atoms with E-state index in [1.165, 1.54) is 0 Å². The number of benzene rings is 1. The number of hydrogen-bond donors (Lipinski definition) is 2. The van der Waals surface area contributed by atoms with Crippen LogP contribution in [-0.4, -0.2) is 20.1 Å². The second kappa shape index (κ2) is 4.25. The molecule has 0 aliphatic heterocycles. The average Bonchev–Trinajstić information content (AvgIpc) is 3.18. The zero-order chi connectivity index (χ0) is 12.5. The van der Waals surface area contributed by atoms with Crippen molar-refractivity contribution in [3.05, 3.63) is 23.8 Å². The highest BCUT2D eigenvalue weighted by molar-refractivity contribution is 5.91. The monoisotopic (exact) mass is 236 g/mol. The summed E-state index contributed by atoms with van der Waals surface area (Å²) in [6.45, 7) is 0. The molecule has 2 rings (SSSR count). The molecule has 92 valence electrons. The van der Waals surface area contributed by atoms with Gasteiger partial charge in [0, 0.05) is 11.6 Å². The van der Waals surface area contributed by atoms with Crippen molar-refractivity contribution < 1.29 is 14.3 Å². The number of carbonyl (C=O) groups excluding carboxylic acids is 1. The number of nitrogens with two attached hydrogens (primary N) is 1. The van der Waals surface area contributed by atoms with Crippen LogP contribution < -0.4 is 20.7 Å². The summed E-state index contributed by atoms with van der Waals surface area (Å²) in [5.41, 5.74) is 2.56. The summed E-state index contributed by atoms with van der Waals surface area (Å²) < 4.78 is 10.4. The van der Waals surface area contributed by atoms with E-state index in [-0.39, 0.29) is 5.91 Å². The van der Waals surface area contributed by atoms with Crippen molar-refractivity contribution in [2.45, 2.75) is 18.3 Å². The minimum atomic E-state index is -0.521. The van der Waals surface area contributed by atoms with Gasteiger partial charge in [-0.3, -0.25) is 10.2 Å². The maximum Gasteiger partial charge on any atom is 0.244 e. The van der Waals surface area contributed by atoms with Crippen molar-refractivity contribution >= 4 is 5.91 Å². The van der Waals surface area contributed by atoms with E-state index >= 15 is 0 Å². The van der Waals surface area contributed by atoms with E-state index in [1.807, 2.05) is 12.1 Å². The van der Waals surface area contributed by atoms with Crippen molar-refractivity contribution in [1.29, 1.82) is 0 Å². The molecule has 0 heterocycles. The molecule has 0 atom stereocenters. The number of methoxy groups -OCH3 is 2. The Hall–Kier alpha value is -1.75. The van der Waals surface area contributed by atoms with Crippen LogP contribution in [0.1, 0.15) is 18.4 Å². The lowest BCUT2D eigenvalue weighted by Gasteiger charge is -2.17. The average molecular weight is 236 g/mol. The lowest BCUT2D eigenvalue weighted by molar-refractivity contribution is -0.123. The molecule has 0 radical (unpaired) electrons. The fourth-order valence-corrected chi connectivity index (χ4v) is 2.08. The van der Waals surface area contributed by atoms with Gasteiger partial charge in [-0.2, -0.15) is 0 Å². The zero-order valence-corrected chi connectivity index (χ0v) is 9.95. The smallest absolute Gasteiger partial charge is 0.244 e. The minimum absolute atomic E-state index is 0.166. The molecule has 1 amide bonds. The maximum atomic E-state index is 11.8. The lowest BCUT2D eigenvalue weighted by Crippen LogP contribution is -2.39. The second-order valence-electron chi connectivity index (χ2n) is 4.12. The predicted molar refractivity (Wildman–Crippen MR) is 62.8 cm³/mol. The van der Waals surface area contributed by atoms with Gasteiger partial charge >= 0.3 is 0 Å². The molecular formula is C12H16N2O3. The van der Waals surface area contributed by atoms with Crippen LogP contribution in [0.15, 0.2) is 18.2 Å². The van der Waals surface area contributed by atoms with Gasteiger partial charge in [0.25, 0.3) is 0 Å². The van der Waals surface area contributed by atoms with Crippen molar-refractivity contribution in [3.63, 3.8) is 0 Å². The van der Waals surface area contributed by atoms with Crippen LogP contribution in [0.4, 0.5) is 0 Å². The van der Waals surface area contributed by atoms with Gasteiger partial charge in [0.2, 0.25) is 5.91 Å². The summed E-state index contributed by atoms with van der Waals surface area (Å²) in [7, 11) is 3.17. The largest absolute Gasteiger partial charge is 0.497 e. The molecule has 1 fully saturated rings. The van der Waals surface area contributed by atoms with Crippen LogP contribution >= 0.6 is 0 Å². The van der Waals surface area contributed by atoms with Crippen LogP contribution in [0.25, 0.3) is 0 Å². The van der Waals surface area contributed by atoms with Crippen LogP contribution in [0.2, 0.25) is 0 Å². The molecule has 1 aromatic carbocycles. The first-order valence-corrected chi connectivity index (χ1v) is 5.41. The standard InChI is InChI=1S/C12H16N2O3/c1-16-8-3-4-9(10(7-8)17-2)12(5-6-12)11(15)14-13/h3-4,7H,5-6,13H2,1-2H3,(H,14,15). The van der Waals surface area contributed by atoms with E-state index in [1.54, 1.807) is 20.3 Å². The third-order valence-corrected chi connectivity index (χ3v) is 3.24. The third kappa shape index (κ3) is 1.82. The van der Waals surface area contributed by atoms with Gasteiger partial charge in [0.15, 0.2) is 0 Å². The Balaban J connectivity index is 2.42. The lowest BCUT2D eigenvalue weighted by atomic mass is 9.94. The molecule has 1 saturated carbocycles. The number of rotatable bonds is 4. The van der Waals surface area contributed by atoms with Crippen LogP contribution in [0.3, 0.4) is 0 Å². The van der Waals surface area contributed by atoms with Gasteiger partial charge in [-0.05, 0) is 18.9 Å². The molecule has 1 aliphatic carbocycles. The first-order valence-electron chi connectivity index (χ1n) is 5.41. The maximum absolute atomic E-state index is 11.8. The Morgan fingerprint density at radius 3 is 2.53 bits per heavy atom. The van der Waals surface area contributed by atoms with Gasteiger partial charge in [-0.1, -0.05) is 6.07 Å². The summed E-state index contributed by atoms with van der Waals surface area (Å²) in [5.74, 6) is 6.41. The molecule has 17 heavy (non-hydrogen) atoms. The molecule has 0 aromatic heterocycles. The molecule has 3 N–H and O–H groups in total. The van der Waals surface area contributed by atoms with Gasteiger partial charge in [-0.25, -0.2) is 5.84 Å². The van der Waals surface area contributed by atoms with Crippen LogP contribution in [-0.2, 0) is 10.2 Å². The number of hydrazine groups is 1. The Morgan fingerprint density at radius 2 is 2.06 bits per heavy atom. The fourth-order valence-electron chi connectivity index (χ4n) is 2.08. The summed E-state index contributed by atoms with van der Waals surface area (Å²) in [6, 6.07) is 5.46. The quantitative estimate of drug-likeness (QED) is 0.459. The minimum Gasteiger partial charge on any atom is -0.497 e. The predicted octanol–water partition coefficient (Wildman–Crippen LogP) is 0.725. The van der Waals surface area contributed by atoms with Crippen LogP contribution in [0, 0.1) is 0 Å². The molecule has 5 heteroatoms. The van der Waals surface area contributed by atoms with E-state index < -0.39 is 5.41 Å². The molecular weight excluding hydrogens is 220 g/mol. The van der Waals surface area contributed by atoms with Gasteiger partial charge < -0.3 is 9.47 Å². The van der Waals surface area contributed by atoms with E-state index in [0.717, 1.165) is 18.4 Å². The Kier molecular flexibility index (Phi) is 2.93. The van der Waals surface area contributed by atoms with Crippen molar-refractivity contribution in [2.75, 3.05) is 14.2 Å². The van der Waals surface area contributed by atoms with Crippen molar-refractivity contribution in [2.24, 2.45) is 5.84 Å². The van der Waals surface area contributed by atoms with Gasteiger partial charge in [-0.15, -0.1) is 0 Å². The Labute approximate surface area is 99.9 Å². The molecule has 1 aliphatic rings. The van der Waals surface area contributed by atoms with E-state index in [2.05, 4.69) is 5.43 Å². The first kappa shape index (κ1) is 11.7. The van der Waals surface area contributed by atoms with Crippen molar-refractivity contribution in [3.8, 4) is 11.5 Å². The number of carbonyl (C=O) groups is 1. The highest BCUT2D eigenvalue weighted by atomic mass is 16.5. The van der Waals surface area contributed by atoms with E-state index in [0.29, 0.717) is 11.5 Å². The summed E-state index contributed by atoms with van der Waals surface area (Å²) in [5, 5.41) is 0. The second-order valence-corrected chi connectivity index (χ2v) is 4.12. The SMILES string of the molecule is COc1ccc(C2(C(=O)NN)CC2)c(OC)c1. The number of ether oxygens (including phenoxy) is 2. The number of amides is 1. The summed E-state index contributed by atoms with van der Waals surface area (Å²) in [6.07, 6.45) is 1.58. The van der Waals surface area contributed by atoms with Gasteiger partial charge in [0.05, 0.1) is 19.6 Å². The highest BCUT2D eigenvalue weighted by Gasteiger charge is 2.52. The third-order valence-electron chi connectivity index (χ3n) is 3.24. The normalized spacial score (nSPS) is 16.2. The van der Waals surface area contributed by atoms with E-state index in [4.69, 9.17) is 15.3 Å². The molecule has 0 unspecified atom stereocenters. The van der Waals surface area contributed by atoms with Gasteiger partial charge in [0.1, 0.15) is 11.5 Å². The fraction of sp³-hybridized carbons (Fsp3) is 0.417. The highest BCUT2D eigenvalue weighted by Crippen LogP contribution is 2.51. The first-order chi connectivity index (χ1) is 8.17. The number of hydrogen-bond acceptors (Lipinski definition) is 4. The summed E-state index contributed by atoms with van der Waals surface area (Å²) in [4.78, 5) is 11.8. The topological polar surface area (TPSA) is 73.6 Å². The molecule has 1 aromatic rings. The summed E-state index contributed by atoms with van der Waals surface area (Å²) >= 11 is 0. The number of nitrogens with one attached hydrogen (secondary N) is 1. The molecule has 0 spiro atoms. The van der Waals surface area contributed by atoms with E-state index in [9.17, 15) is 4.79 Å². The molecule has 0 bridgehead atoms. The Bertz CT molecular complexity index is 441. The zero-order valence-electron chi connectivity index (χ0n) is 9.95.